The Morgan fingerprint density at radius 2 is 2.06 bits per heavy atom. The number of benzene rings is 1. The maximum absolute atomic E-state index is 13.0. The molecule has 0 fully saturated rings. The minimum atomic E-state index is -3.11. The first-order chi connectivity index (χ1) is 8.35. The van der Waals surface area contributed by atoms with Gasteiger partial charge in [-0.1, -0.05) is 0 Å². The van der Waals surface area contributed by atoms with Crippen molar-refractivity contribution in [3.63, 3.8) is 0 Å². The molecule has 1 aliphatic heterocycles. The van der Waals surface area contributed by atoms with Gasteiger partial charge in [-0.15, -0.1) is 0 Å². The zero-order valence-corrected chi connectivity index (χ0v) is 10.6. The number of carbonyl (C=O) groups excluding carboxylic acids is 1. The van der Waals surface area contributed by atoms with Gasteiger partial charge in [0.25, 0.3) is 0 Å². The van der Waals surface area contributed by atoms with Crippen LogP contribution in [0.15, 0.2) is 18.2 Å². The Labute approximate surface area is 104 Å². The molecule has 0 spiro atoms. The summed E-state index contributed by atoms with van der Waals surface area (Å²) >= 11 is 0. The standard InChI is InChI=1S/C11H13FN2O3S/c1-18(16,17)5-4-9-11(15)14-10-6-7(12)2-3-8(10)13-9/h2-3,6,9,13H,4-5H2,1H3,(H,14,15). The van der Waals surface area contributed by atoms with E-state index < -0.39 is 21.7 Å². The average molecular weight is 272 g/mol. The highest BCUT2D eigenvalue weighted by atomic mass is 32.2. The van der Waals surface area contributed by atoms with Gasteiger partial charge in [-0.05, 0) is 24.6 Å². The third kappa shape index (κ3) is 2.98. The summed E-state index contributed by atoms with van der Waals surface area (Å²) in [5.74, 6) is -0.864. The van der Waals surface area contributed by atoms with E-state index in [4.69, 9.17) is 0 Å². The van der Waals surface area contributed by atoms with Crippen LogP contribution in [0.4, 0.5) is 15.8 Å². The molecule has 1 aromatic rings. The summed E-state index contributed by atoms with van der Waals surface area (Å²) in [4.78, 5) is 11.7. The van der Waals surface area contributed by atoms with Gasteiger partial charge >= 0.3 is 0 Å². The molecule has 7 heteroatoms. The number of fused-ring (bicyclic) bond motifs is 1. The normalized spacial score (nSPS) is 18.8. The Morgan fingerprint density at radius 1 is 1.33 bits per heavy atom. The average Bonchev–Trinajstić information content (AvgIpc) is 2.25. The lowest BCUT2D eigenvalue weighted by Crippen LogP contribution is -2.40. The first-order valence-corrected chi connectivity index (χ1v) is 7.46. The van der Waals surface area contributed by atoms with Crippen LogP contribution >= 0.6 is 0 Å². The minimum absolute atomic E-state index is 0.0748. The van der Waals surface area contributed by atoms with E-state index in [0.717, 1.165) is 6.26 Å². The van der Waals surface area contributed by atoms with E-state index >= 15 is 0 Å². The number of rotatable bonds is 3. The molecule has 1 unspecified atom stereocenters. The monoisotopic (exact) mass is 272 g/mol. The molecule has 0 radical (unpaired) electrons. The van der Waals surface area contributed by atoms with Crippen LogP contribution in [-0.4, -0.2) is 32.4 Å². The summed E-state index contributed by atoms with van der Waals surface area (Å²) in [5.41, 5.74) is 0.963. The van der Waals surface area contributed by atoms with Gasteiger partial charge in [-0.25, -0.2) is 12.8 Å². The van der Waals surface area contributed by atoms with Gasteiger partial charge < -0.3 is 10.6 Å². The zero-order valence-electron chi connectivity index (χ0n) is 9.73. The van der Waals surface area contributed by atoms with Gasteiger partial charge in [0.2, 0.25) is 5.91 Å². The maximum atomic E-state index is 13.0. The topological polar surface area (TPSA) is 75.3 Å². The van der Waals surface area contributed by atoms with Gasteiger partial charge in [0, 0.05) is 6.26 Å². The van der Waals surface area contributed by atoms with Crippen LogP contribution in [0.1, 0.15) is 6.42 Å². The summed E-state index contributed by atoms with van der Waals surface area (Å²) in [5, 5.41) is 5.45. The summed E-state index contributed by atoms with van der Waals surface area (Å²) < 4.78 is 35.1. The van der Waals surface area contributed by atoms with E-state index in [0.29, 0.717) is 11.4 Å². The Hall–Kier alpha value is -1.63. The number of hydrogen-bond acceptors (Lipinski definition) is 4. The molecule has 2 rings (SSSR count). The number of anilines is 2. The number of amides is 1. The molecule has 1 atom stereocenters. The molecule has 0 saturated carbocycles. The maximum Gasteiger partial charge on any atom is 0.246 e. The number of hydrogen-bond donors (Lipinski definition) is 2. The van der Waals surface area contributed by atoms with E-state index in [9.17, 15) is 17.6 Å². The van der Waals surface area contributed by atoms with Crippen LogP contribution in [0.25, 0.3) is 0 Å². The fourth-order valence-electron chi connectivity index (χ4n) is 1.75. The molecule has 2 N–H and O–H groups in total. The summed E-state index contributed by atoms with van der Waals surface area (Å²) in [6, 6.07) is 3.39. The highest BCUT2D eigenvalue weighted by Gasteiger charge is 2.26. The first kappa shape index (κ1) is 12.8. The predicted octanol–water partition coefficient (Wildman–Crippen LogP) is 0.993. The highest BCUT2D eigenvalue weighted by molar-refractivity contribution is 7.90. The van der Waals surface area contributed by atoms with E-state index in [2.05, 4.69) is 10.6 Å². The second-order valence-electron chi connectivity index (χ2n) is 4.29. The molecule has 0 bridgehead atoms. The Morgan fingerprint density at radius 3 is 2.72 bits per heavy atom. The van der Waals surface area contributed by atoms with E-state index in [1.54, 1.807) is 0 Å². The van der Waals surface area contributed by atoms with E-state index in [1.165, 1.54) is 18.2 Å². The van der Waals surface area contributed by atoms with E-state index in [-0.39, 0.29) is 18.1 Å². The van der Waals surface area contributed by atoms with Crippen LogP contribution in [-0.2, 0) is 14.6 Å². The second kappa shape index (κ2) is 4.56. The molecule has 5 nitrogen and oxygen atoms in total. The van der Waals surface area contributed by atoms with Gasteiger partial charge in [0.15, 0.2) is 0 Å². The van der Waals surface area contributed by atoms with Gasteiger partial charge in [0.05, 0.1) is 17.1 Å². The third-order valence-corrected chi connectivity index (χ3v) is 3.64. The van der Waals surface area contributed by atoms with Crippen molar-refractivity contribution in [3.05, 3.63) is 24.0 Å². The lowest BCUT2D eigenvalue weighted by atomic mass is 10.1. The van der Waals surface area contributed by atoms with Crippen molar-refractivity contribution in [2.24, 2.45) is 0 Å². The first-order valence-electron chi connectivity index (χ1n) is 5.40. The quantitative estimate of drug-likeness (QED) is 0.860. The van der Waals surface area contributed by atoms with Crippen LogP contribution < -0.4 is 10.6 Å². The number of carbonyl (C=O) groups is 1. The van der Waals surface area contributed by atoms with Crippen LogP contribution in [0, 0.1) is 5.82 Å². The lowest BCUT2D eigenvalue weighted by molar-refractivity contribution is -0.117. The molecule has 0 aliphatic carbocycles. The number of halogens is 1. The van der Waals surface area contributed by atoms with Crippen molar-refractivity contribution >= 4 is 27.1 Å². The van der Waals surface area contributed by atoms with Crippen molar-refractivity contribution in [2.75, 3.05) is 22.6 Å². The SMILES string of the molecule is CS(=O)(=O)CCC1Nc2ccc(F)cc2NC1=O. The molecule has 0 saturated heterocycles. The summed E-state index contributed by atoms with van der Waals surface area (Å²) in [7, 11) is -3.11. The number of nitrogens with one attached hydrogen (secondary N) is 2. The van der Waals surface area contributed by atoms with Gasteiger partial charge in [-0.2, -0.15) is 0 Å². The minimum Gasteiger partial charge on any atom is -0.372 e. The van der Waals surface area contributed by atoms with Crippen molar-refractivity contribution in [1.82, 2.24) is 0 Å². The molecule has 18 heavy (non-hydrogen) atoms. The van der Waals surface area contributed by atoms with E-state index in [1.807, 2.05) is 0 Å². The molecular formula is C11H13FN2O3S. The van der Waals surface area contributed by atoms with Crippen molar-refractivity contribution in [2.45, 2.75) is 12.5 Å². The van der Waals surface area contributed by atoms with Gasteiger partial charge in [0.1, 0.15) is 21.7 Å². The largest absolute Gasteiger partial charge is 0.372 e. The molecule has 0 aromatic heterocycles. The van der Waals surface area contributed by atoms with Crippen LogP contribution in [0.2, 0.25) is 0 Å². The van der Waals surface area contributed by atoms with Crippen molar-refractivity contribution in [1.29, 1.82) is 0 Å². The Balaban J connectivity index is 2.13. The molecule has 1 aromatic carbocycles. The van der Waals surface area contributed by atoms with Crippen LogP contribution in [0.5, 0.6) is 0 Å². The zero-order chi connectivity index (χ0) is 13.3. The molecule has 98 valence electrons. The fourth-order valence-corrected chi connectivity index (χ4v) is 2.42. The number of sulfone groups is 1. The molecular weight excluding hydrogens is 259 g/mol. The second-order valence-corrected chi connectivity index (χ2v) is 6.55. The van der Waals surface area contributed by atoms with Gasteiger partial charge in [-0.3, -0.25) is 4.79 Å². The Bertz CT molecular complexity index is 586. The predicted molar refractivity (Wildman–Crippen MR) is 66.8 cm³/mol. The lowest BCUT2D eigenvalue weighted by Gasteiger charge is -2.26. The fraction of sp³-hybridized carbons (Fsp3) is 0.364. The highest BCUT2D eigenvalue weighted by Crippen LogP contribution is 2.28. The Kier molecular flexibility index (Phi) is 3.25. The van der Waals surface area contributed by atoms with Crippen LogP contribution in [0.3, 0.4) is 0 Å². The van der Waals surface area contributed by atoms with Crippen molar-refractivity contribution < 1.29 is 17.6 Å². The summed E-state index contributed by atoms with van der Waals surface area (Å²) in [6.07, 6.45) is 1.30. The molecule has 1 aliphatic rings. The van der Waals surface area contributed by atoms with Crippen molar-refractivity contribution in [3.8, 4) is 0 Å². The molecule has 1 amide bonds. The third-order valence-electron chi connectivity index (χ3n) is 2.66. The molecule has 1 heterocycles. The summed E-state index contributed by atoms with van der Waals surface area (Å²) in [6.45, 7) is 0. The smallest absolute Gasteiger partial charge is 0.246 e.